The summed E-state index contributed by atoms with van der Waals surface area (Å²) in [5.41, 5.74) is 3.76. The Bertz CT molecular complexity index is 894. The monoisotopic (exact) mass is 407 g/mol. The number of benzene rings is 2. The number of rotatable bonds is 5. The van der Waals surface area contributed by atoms with Crippen LogP contribution >= 0.6 is 0 Å². The summed E-state index contributed by atoms with van der Waals surface area (Å²) in [5.74, 6) is -0.122. The van der Waals surface area contributed by atoms with Crippen molar-refractivity contribution < 1.29 is 14.3 Å². The fourth-order valence-corrected chi connectivity index (χ4v) is 4.22. The van der Waals surface area contributed by atoms with E-state index in [1.54, 1.807) is 4.90 Å². The van der Waals surface area contributed by atoms with Gasteiger partial charge in [-0.15, -0.1) is 0 Å². The molecule has 0 spiro atoms. The zero-order valence-corrected chi connectivity index (χ0v) is 17.5. The van der Waals surface area contributed by atoms with Gasteiger partial charge in [0.2, 0.25) is 5.91 Å². The number of amides is 2. The summed E-state index contributed by atoms with van der Waals surface area (Å²) in [6.45, 7) is 5.83. The van der Waals surface area contributed by atoms with Crippen LogP contribution in [-0.4, -0.2) is 49.6 Å². The van der Waals surface area contributed by atoms with E-state index in [-0.39, 0.29) is 11.8 Å². The van der Waals surface area contributed by atoms with Crippen LogP contribution in [0.2, 0.25) is 0 Å². The molecule has 2 aliphatic heterocycles. The molecule has 4 rings (SSSR count). The topological polar surface area (TPSA) is 61.9 Å². The number of morpholine rings is 1. The highest BCUT2D eigenvalue weighted by Crippen LogP contribution is 2.29. The molecule has 0 radical (unpaired) electrons. The Morgan fingerprint density at radius 2 is 1.80 bits per heavy atom. The number of hydrogen-bond acceptors (Lipinski definition) is 4. The molecule has 0 aromatic heterocycles. The summed E-state index contributed by atoms with van der Waals surface area (Å²) in [4.78, 5) is 30.0. The lowest BCUT2D eigenvalue weighted by Gasteiger charge is -2.34. The van der Waals surface area contributed by atoms with Crippen LogP contribution in [0.25, 0.3) is 0 Å². The first-order chi connectivity index (χ1) is 14.6. The summed E-state index contributed by atoms with van der Waals surface area (Å²) in [5, 5.41) is 3.08. The molecule has 0 bridgehead atoms. The van der Waals surface area contributed by atoms with E-state index in [2.05, 4.69) is 16.3 Å². The van der Waals surface area contributed by atoms with Gasteiger partial charge < -0.3 is 19.9 Å². The Hall–Kier alpha value is -2.86. The molecule has 6 heteroatoms. The van der Waals surface area contributed by atoms with Crippen molar-refractivity contribution in [3.05, 3.63) is 59.7 Å². The van der Waals surface area contributed by atoms with E-state index in [4.69, 9.17) is 4.74 Å². The predicted molar refractivity (Wildman–Crippen MR) is 118 cm³/mol. The van der Waals surface area contributed by atoms with Gasteiger partial charge in [0.15, 0.2) is 0 Å². The maximum atomic E-state index is 13.4. The first kappa shape index (κ1) is 20.4. The molecule has 0 aliphatic carbocycles. The zero-order chi connectivity index (χ0) is 20.9. The molecule has 2 amide bonds. The number of nitrogens with zero attached hydrogens (tertiary/aromatic N) is 2. The first-order valence-electron chi connectivity index (χ1n) is 10.7. The lowest BCUT2D eigenvalue weighted by molar-refractivity contribution is -0.141. The third kappa shape index (κ3) is 4.49. The number of ether oxygens (including phenoxy) is 1. The molecule has 2 fully saturated rings. The molecule has 2 aromatic carbocycles. The zero-order valence-electron chi connectivity index (χ0n) is 17.5. The van der Waals surface area contributed by atoms with Gasteiger partial charge in [-0.2, -0.15) is 0 Å². The van der Waals surface area contributed by atoms with Crippen molar-refractivity contribution in [3.63, 3.8) is 0 Å². The van der Waals surface area contributed by atoms with E-state index in [1.165, 1.54) is 0 Å². The van der Waals surface area contributed by atoms with Gasteiger partial charge in [0.1, 0.15) is 6.04 Å². The molecule has 1 N–H and O–H groups in total. The fraction of sp³-hybridized carbons (Fsp3) is 0.417. The lowest BCUT2D eigenvalue weighted by Crippen LogP contribution is -2.43. The fourth-order valence-electron chi connectivity index (χ4n) is 4.22. The summed E-state index contributed by atoms with van der Waals surface area (Å²) in [7, 11) is 0. The van der Waals surface area contributed by atoms with Gasteiger partial charge in [0, 0.05) is 37.4 Å². The van der Waals surface area contributed by atoms with Crippen LogP contribution in [0.5, 0.6) is 0 Å². The molecule has 1 atom stereocenters. The van der Waals surface area contributed by atoms with Crippen molar-refractivity contribution in [2.75, 3.05) is 43.1 Å². The third-order valence-corrected chi connectivity index (χ3v) is 5.88. The Balaban J connectivity index is 1.55. The molecule has 6 nitrogen and oxygen atoms in total. The smallest absolute Gasteiger partial charge is 0.251 e. The van der Waals surface area contributed by atoms with E-state index in [9.17, 15) is 9.59 Å². The molecule has 1 unspecified atom stereocenters. The maximum Gasteiger partial charge on any atom is 0.251 e. The second kappa shape index (κ2) is 9.30. The molecular weight excluding hydrogens is 378 g/mol. The number of carbonyl (C=O) groups is 2. The number of piperidine rings is 1. The summed E-state index contributed by atoms with van der Waals surface area (Å²) in [6, 6.07) is 15.1. The van der Waals surface area contributed by atoms with Crippen LogP contribution in [0.3, 0.4) is 0 Å². The Labute approximate surface area is 177 Å². The van der Waals surface area contributed by atoms with E-state index in [1.807, 2.05) is 49.4 Å². The normalized spacial score (nSPS) is 18.2. The van der Waals surface area contributed by atoms with Gasteiger partial charge >= 0.3 is 0 Å². The van der Waals surface area contributed by atoms with Crippen LogP contribution in [0.15, 0.2) is 48.5 Å². The number of aryl methyl sites for hydroxylation is 1. The Morgan fingerprint density at radius 1 is 1.03 bits per heavy atom. The number of hydrogen-bond donors (Lipinski definition) is 1. The quantitative estimate of drug-likeness (QED) is 0.824. The van der Waals surface area contributed by atoms with Crippen molar-refractivity contribution >= 4 is 23.2 Å². The minimum absolute atomic E-state index is 0.0460. The van der Waals surface area contributed by atoms with Crippen molar-refractivity contribution in [1.29, 1.82) is 0 Å². The largest absolute Gasteiger partial charge is 0.378 e. The minimum Gasteiger partial charge on any atom is -0.378 e. The lowest BCUT2D eigenvalue weighted by atomic mass is 10.00. The molecule has 158 valence electrons. The summed E-state index contributed by atoms with van der Waals surface area (Å²) >= 11 is 0. The average molecular weight is 408 g/mol. The van der Waals surface area contributed by atoms with Gasteiger partial charge in [-0.1, -0.05) is 30.3 Å². The highest BCUT2D eigenvalue weighted by atomic mass is 16.5. The molecule has 2 aromatic rings. The number of nitrogens with one attached hydrogen (secondary N) is 1. The van der Waals surface area contributed by atoms with Gasteiger partial charge in [-0.25, -0.2) is 0 Å². The Morgan fingerprint density at radius 3 is 2.50 bits per heavy atom. The van der Waals surface area contributed by atoms with Crippen molar-refractivity contribution in [1.82, 2.24) is 4.90 Å². The second-order valence-electron chi connectivity index (χ2n) is 7.95. The van der Waals surface area contributed by atoms with Gasteiger partial charge in [0.25, 0.3) is 5.91 Å². The van der Waals surface area contributed by atoms with Gasteiger partial charge in [0.05, 0.1) is 13.2 Å². The van der Waals surface area contributed by atoms with E-state index >= 15 is 0 Å². The third-order valence-electron chi connectivity index (χ3n) is 5.88. The second-order valence-corrected chi connectivity index (χ2v) is 7.95. The predicted octanol–water partition coefficient (Wildman–Crippen LogP) is 3.52. The van der Waals surface area contributed by atoms with Gasteiger partial charge in [-0.05, 0) is 49.1 Å². The molecule has 2 aliphatic rings. The first-order valence-corrected chi connectivity index (χ1v) is 10.7. The molecule has 30 heavy (non-hydrogen) atoms. The Kier molecular flexibility index (Phi) is 6.33. The van der Waals surface area contributed by atoms with Crippen LogP contribution < -0.4 is 10.2 Å². The molecule has 2 heterocycles. The highest BCUT2D eigenvalue weighted by molar-refractivity contribution is 5.98. The SMILES string of the molecule is Cc1cc(N2CCOCC2)ccc1NC(=O)C(c1ccccc1)N1CCCCC1=O. The molecular formula is C24H29N3O3. The standard InChI is InChI=1S/C24H29N3O3/c1-18-17-20(26-13-15-30-16-14-26)10-11-21(18)25-24(29)23(19-7-3-2-4-8-19)27-12-6-5-9-22(27)28/h2-4,7-8,10-11,17,23H,5-6,9,12-16H2,1H3,(H,25,29). The van der Waals surface area contributed by atoms with E-state index in [0.29, 0.717) is 13.0 Å². The summed E-state index contributed by atoms with van der Waals surface area (Å²) in [6.07, 6.45) is 2.32. The van der Waals surface area contributed by atoms with E-state index < -0.39 is 6.04 Å². The van der Waals surface area contributed by atoms with Crippen molar-refractivity contribution in [2.24, 2.45) is 0 Å². The molecule has 2 saturated heterocycles. The highest BCUT2D eigenvalue weighted by Gasteiger charge is 2.32. The van der Waals surface area contributed by atoms with Crippen molar-refractivity contribution in [3.8, 4) is 0 Å². The van der Waals surface area contributed by atoms with E-state index in [0.717, 1.165) is 61.6 Å². The van der Waals surface area contributed by atoms with Gasteiger partial charge in [-0.3, -0.25) is 9.59 Å². The van der Waals surface area contributed by atoms with Crippen LogP contribution in [0, 0.1) is 6.92 Å². The average Bonchev–Trinajstić information content (AvgIpc) is 2.78. The number of carbonyl (C=O) groups excluding carboxylic acids is 2. The maximum absolute atomic E-state index is 13.4. The number of anilines is 2. The van der Waals surface area contributed by atoms with Crippen LogP contribution in [0.1, 0.15) is 36.4 Å². The van der Waals surface area contributed by atoms with Crippen molar-refractivity contribution in [2.45, 2.75) is 32.2 Å². The van der Waals surface area contributed by atoms with Crippen LogP contribution in [0.4, 0.5) is 11.4 Å². The minimum atomic E-state index is -0.614. The summed E-state index contributed by atoms with van der Waals surface area (Å²) < 4.78 is 5.43. The number of likely N-dealkylation sites (tertiary alicyclic amines) is 1. The van der Waals surface area contributed by atoms with Crippen LogP contribution in [-0.2, 0) is 14.3 Å². The molecule has 0 saturated carbocycles.